The summed E-state index contributed by atoms with van der Waals surface area (Å²) in [6.45, 7) is 7.45. The largest absolute Gasteiger partial charge is 0.0622 e. The summed E-state index contributed by atoms with van der Waals surface area (Å²) in [5.41, 5.74) is 0.670. The van der Waals surface area contributed by atoms with Gasteiger partial charge in [0.1, 0.15) is 0 Å². The maximum absolute atomic E-state index is 2.57. The smallest absolute Gasteiger partial charge is 0.0272 e. The first-order chi connectivity index (χ1) is 6.64. The van der Waals surface area contributed by atoms with Crippen molar-refractivity contribution in [2.75, 3.05) is 0 Å². The number of fused-ring (bicyclic) bond motifs is 1. The van der Waals surface area contributed by atoms with Crippen LogP contribution in [0, 0.1) is 23.2 Å². The van der Waals surface area contributed by atoms with E-state index in [0.29, 0.717) is 5.41 Å². The molecule has 0 N–H and O–H groups in total. The van der Waals surface area contributed by atoms with E-state index < -0.39 is 0 Å². The molecule has 0 bridgehead atoms. The van der Waals surface area contributed by atoms with Gasteiger partial charge >= 0.3 is 0 Å². The Kier molecular flexibility index (Phi) is 2.91. The molecule has 0 spiro atoms. The summed E-state index contributed by atoms with van der Waals surface area (Å²) < 4.78 is 0. The summed E-state index contributed by atoms with van der Waals surface area (Å²) in [6, 6.07) is 0. The summed E-state index contributed by atoms with van der Waals surface area (Å²) >= 11 is 0. The van der Waals surface area contributed by atoms with E-state index in [9.17, 15) is 0 Å². The van der Waals surface area contributed by atoms with Crippen LogP contribution in [0.3, 0.4) is 0 Å². The second kappa shape index (κ2) is 3.87. The lowest BCUT2D eigenvalue weighted by atomic mass is 9.54. The molecule has 0 heterocycles. The molecule has 0 aromatic heterocycles. The van der Waals surface area contributed by atoms with Crippen LogP contribution in [0.5, 0.6) is 0 Å². The number of hydrogen-bond acceptors (Lipinski definition) is 0. The predicted molar refractivity (Wildman–Crippen MR) is 62.2 cm³/mol. The molecular formula is C14H26. The van der Waals surface area contributed by atoms with Crippen molar-refractivity contribution < 1.29 is 0 Å². The quantitative estimate of drug-likeness (QED) is 0.570. The average Bonchev–Trinajstić information content (AvgIpc) is 2.18. The maximum atomic E-state index is 2.57. The van der Waals surface area contributed by atoms with Crippen LogP contribution < -0.4 is 0 Å². The molecule has 3 unspecified atom stereocenters. The molecule has 14 heavy (non-hydrogen) atoms. The van der Waals surface area contributed by atoms with Gasteiger partial charge in [0.25, 0.3) is 0 Å². The van der Waals surface area contributed by atoms with Gasteiger partial charge in [-0.25, -0.2) is 0 Å². The molecule has 2 rings (SSSR count). The van der Waals surface area contributed by atoms with E-state index >= 15 is 0 Å². The van der Waals surface area contributed by atoms with Crippen LogP contribution in [-0.4, -0.2) is 0 Å². The lowest BCUT2D eigenvalue weighted by molar-refractivity contribution is -0.00996. The number of hydrogen-bond donors (Lipinski definition) is 0. The van der Waals surface area contributed by atoms with Crippen LogP contribution >= 0.6 is 0 Å². The SMILES string of the molecule is CC(C)C1(C)CCCC2CCCCC21. The van der Waals surface area contributed by atoms with E-state index in [0.717, 1.165) is 17.8 Å². The van der Waals surface area contributed by atoms with Crippen molar-refractivity contribution in [3.63, 3.8) is 0 Å². The lowest BCUT2D eigenvalue weighted by Crippen LogP contribution is -2.42. The van der Waals surface area contributed by atoms with Crippen molar-refractivity contribution in [2.24, 2.45) is 23.2 Å². The third-order valence-electron chi connectivity index (χ3n) is 5.37. The van der Waals surface area contributed by atoms with Gasteiger partial charge in [-0.1, -0.05) is 52.9 Å². The highest BCUT2D eigenvalue weighted by atomic mass is 14.5. The van der Waals surface area contributed by atoms with Crippen molar-refractivity contribution >= 4 is 0 Å². The molecule has 2 saturated carbocycles. The zero-order chi connectivity index (χ0) is 10.2. The van der Waals surface area contributed by atoms with E-state index in [1.165, 1.54) is 44.9 Å². The Morgan fingerprint density at radius 2 is 1.64 bits per heavy atom. The van der Waals surface area contributed by atoms with Gasteiger partial charge in [0.15, 0.2) is 0 Å². The van der Waals surface area contributed by atoms with Gasteiger partial charge in [0.05, 0.1) is 0 Å². The molecule has 2 fully saturated rings. The normalized spacial score (nSPS) is 43.7. The minimum atomic E-state index is 0.670. The highest BCUT2D eigenvalue weighted by Gasteiger charge is 2.44. The van der Waals surface area contributed by atoms with Crippen LogP contribution in [-0.2, 0) is 0 Å². The monoisotopic (exact) mass is 194 g/mol. The molecule has 0 saturated heterocycles. The second-order valence-corrected chi connectivity index (χ2v) is 6.20. The van der Waals surface area contributed by atoms with Crippen molar-refractivity contribution in [1.82, 2.24) is 0 Å². The first-order valence-corrected chi connectivity index (χ1v) is 6.64. The van der Waals surface area contributed by atoms with Crippen LogP contribution in [0.2, 0.25) is 0 Å². The van der Waals surface area contributed by atoms with Gasteiger partial charge in [0.2, 0.25) is 0 Å². The Morgan fingerprint density at radius 3 is 2.36 bits per heavy atom. The zero-order valence-electron chi connectivity index (χ0n) is 10.2. The third kappa shape index (κ3) is 1.61. The summed E-state index contributed by atoms with van der Waals surface area (Å²) in [7, 11) is 0. The minimum Gasteiger partial charge on any atom is -0.0622 e. The first kappa shape index (κ1) is 10.5. The number of rotatable bonds is 1. The summed E-state index contributed by atoms with van der Waals surface area (Å²) in [4.78, 5) is 0. The Morgan fingerprint density at radius 1 is 1.00 bits per heavy atom. The summed E-state index contributed by atoms with van der Waals surface area (Å²) in [5.74, 6) is 3.03. The molecule has 0 aromatic carbocycles. The van der Waals surface area contributed by atoms with E-state index in [2.05, 4.69) is 20.8 Å². The van der Waals surface area contributed by atoms with Crippen molar-refractivity contribution in [2.45, 2.75) is 65.7 Å². The topological polar surface area (TPSA) is 0 Å². The highest BCUT2D eigenvalue weighted by Crippen LogP contribution is 2.54. The fraction of sp³-hybridized carbons (Fsp3) is 1.00. The van der Waals surface area contributed by atoms with Gasteiger partial charge in [-0.05, 0) is 36.0 Å². The molecule has 0 amide bonds. The fourth-order valence-electron chi connectivity index (χ4n) is 4.07. The third-order valence-corrected chi connectivity index (χ3v) is 5.37. The minimum absolute atomic E-state index is 0.670. The molecule has 2 aliphatic carbocycles. The Balaban J connectivity index is 2.15. The van der Waals surface area contributed by atoms with E-state index in [4.69, 9.17) is 0 Å². The van der Waals surface area contributed by atoms with E-state index in [1.807, 2.05) is 0 Å². The molecule has 0 aliphatic heterocycles. The van der Waals surface area contributed by atoms with Gasteiger partial charge < -0.3 is 0 Å². The second-order valence-electron chi connectivity index (χ2n) is 6.20. The Labute approximate surface area is 89.5 Å². The van der Waals surface area contributed by atoms with Crippen LogP contribution in [0.4, 0.5) is 0 Å². The molecule has 0 radical (unpaired) electrons. The van der Waals surface area contributed by atoms with E-state index in [-0.39, 0.29) is 0 Å². The van der Waals surface area contributed by atoms with Crippen LogP contribution in [0.1, 0.15) is 65.7 Å². The molecule has 82 valence electrons. The summed E-state index contributed by atoms with van der Waals surface area (Å²) in [5, 5.41) is 0. The van der Waals surface area contributed by atoms with Gasteiger partial charge in [-0.2, -0.15) is 0 Å². The molecule has 2 aliphatic rings. The van der Waals surface area contributed by atoms with Crippen molar-refractivity contribution in [1.29, 1.82) is 0 Å². The van der Waals surface area contributed by atoms with E-state index in [1.54, 1.807) is 0 Å². The zero-order valence-corrected chi connectivity index (χ0v) is 10.2. The Hall–Kier alpha value is 0. The standard InChI is InChI=1S/C14H26/c1-11(2)14(3)10-6-8-12-7-4-5-9-13(12)14/h11-13H,4-10H2,1-3H3. The molecule has 0 aromatic rings. The fourth-order valence-corrected chi connectivity index (χ4v) is 4.07. The van der Waals surface area contributed by atoms with Crippen molar-refractivity contribution in [3.05, 3.63) is 0 Å². The predicted octanol–water partition coefficient (Wildman–Crippen LogP) is 4.64. The molecular weight excluding hydrogens is 168 g/mol. The van der Waals surface area contributed by atoms with Gasteiger partial charge in [0, 0.05) is 0 Å². The first-order valence-electron chi connectivity index (χ1n) is 6.64. The maximum Gasteiger partial charge on any atom is -0.0272 e. The lowest BCUT2D eigenvalue weighted by Gasteiger charge is -2.51. The van der Waals surface area contributed by atoms with Crippen LogP contribution in [0.25, 0.3) is 0 Å². The molecule has 0 heteroatoms. The van der Waals surface area contributed by atoms with Crippen LogP contribution in [0.15, 0.2) is 0 Å². The van der Waals surface area contributed by atoms with Gasteiger partial charge in [-0.3, -0.25) is 0 Å². The highest BCUT2D eigenvalue weighted by molar-refractivity contribution is 4.94. The summed E-state index contributed by atoms with van der Waals surface area (Å²) in [6.07, 6.45) is 10.6. The Bertz CT molecular complexity index is 192. The molecule has 3 atom stereocenters. The molecule has 0 nitrogen and oxygen atoms in total. The van der Waals surface area contributed by atoms with Gasteiger partial charge in [-0.15, -0.1) is 0 Å². The average molecular weight is 194 g/mol. The van der Waals surface area contributed by atoms with Crippen molar-refractivity contribution in [3.8, 4) is 0 Å².